The highest BCUT2D eigenvalue weighted by molar-refractivity contribution is 7.92. The predicted octanol–water partition coefficient (Wildman–Crippen LogP) is 3.13. The fourth-order valence-corrected chi connectivity index (χ4v) is 4.55. The topological polar surface area (TPSA) is 96.4 Å². The molecule has 2 amide bonds. The maximum atomic E-state index is 13.9. The monoisotopic (exact) mass is 425 g/mol. The smallest absolute Gasteiger partial charge is 0.280 e. The molecule has 0 unspecified atom stereocenters. The van der Waals surface area contributed by atoms with E-state index in [1.54, 1.807) is 18.2 Å². The van der Waals surface area contributed by atoms with Crippen molar-refractivity contribution in [2.24, 2.45) is 0 Å². The zero-order valence-corrected chi connectivity index (χ0v) is 16.6. The van der Waals surface area contributed by atoms with Crippen molar-refractivity contribution in [3.8, 4) is 0 Å². The normalized spacial score (nSPS) is 13.5. The van der Waals surface area contributed by atoms with Crippen molar-refractivity contribution < 1.29 is 22.4 Å². The van der Waals surface area contributed by atoms with Crippen molar-refractivity contribution in [1.82, 2.24) is 9.88 Å². The van der Waals surface area contributed by atoms with Gasteiger partial charge in [0.1, 0.15) is 11.5 Å². The van der Waals surface area contributed by atoms with E-state index in [1.807, 2.05) is 13.0 Å². The van der Waals surface area contributed by atoms with Crippen LogP contribution in [0.15, 0.2) is 65.7 Å². The van der Waals surface area contributed by atoms with Crippen LogP contribution in [0.4, 0.5) is 10.1 Å². The van der Waals surface area contributed by atoms with Crippen LogP contribution in [0.2, 0.25) is 0 Å². The van der Waals surface area contributed by atoms with Gasteiger partial charge in [-0.25, -0.2) is 12.8 Å². The molecule has 9 heteroatoms. The van der Waals surface area contributed by atoms with Gasteiger partial charge in [0.05, 0.1) is 17.0 Å². The molecule has 2 aromatic carbocycles. The van der Waals surface area contributed by atoms with Crippen LogP contribution in [0.25, 0.3) is 0 Å². The summed E-state index contributed by atoms with van der Waals surface area (Å²) in [5, 5.41) is 0. The van der Waals surface area contributed by atoms with Crippen LogP contribution in [0.3, 0.4) is 0 Å². The zero-order valence-electron chi connectivity index (χ0n) is 15.8. The zero-order chi connectivity index (χ0) is 21.5. The summed E-state index contributed by atoms with van der Waals surface area (Å²) in [7, 11) is -4.18. The molecule has 7 nitrogen and oxygen atoms in total. The summed E-state index contributed by atoms with van der Waals surface area (Å²) in [4.78, 5) is 29.6. The average Bonchev–Trinajstić information content (AvgIpc) is 2.94. The van der Waals surface area contributed by atoms with Gasteiger partial charge >= 0.3 is 0 Å². The number of hydrogen-bond donors (Lipinski definition) is 1. The first-order valence-corrected chi connectivity index (χ1v) is 10.4. The summed E-state index contributed by atoms with van der Waals surface area (Å²) in [6, 6.07) is 12.9. The van der Waals surface area contributed by atoms with E-state index in [9.17, 15) is 22.4 Å². The number of fused-ring (bicyclic) bond motifs is 1. The van der Waals surface area contributed by atoms with Crippen LogP contribution < -0.4 is 4.72 Å². The minimum Gasteiger partial charge on any atom is -0.280 e. The van der Waals surface area contributed by atoms with E-state index in [2.05, 4.69) is 9.71 Å². The van der Waals surface area contributed by atoms with Crippen molar-refractivity contribution in [2.45, 2.75) is 18.4 Å². The quantitative estimate of drug-likeness (QED) is 0.634. The molecule has 0 radical (unpaired) electrons. The van der Waals surface area contributed by atoms with Crippen LogP contribution in [0.1, 0.15) is 32.0 Å². The van der Waals surface area contributed by atoms with E-state index in [0.29, 0.717) is 5.69 Å². The Labute approximate surface area is 172 Å². The van der Waals surface area contributed by atoms with Gasteiger partial charge in [-0.1, -0.05) is 18.2 Å². The number of anilines is 1. The van der Waals surface area contributed by atoms with Crippen molar-refractivity contribution in [3.63, 3.8) is 0 Å². The maximum Gasteiger partial charge on any atom is 0.280 e. The molecule has 1 N–H and O–H groups in total. The second-order valence-electron chi connectivity index (χ2n) is 6.82. The van der Waals surface area contributed by atoms with Crippen molar-refractivity contribution in [1.29, 1.82) is 0 Å². The largest absolute Gasteiger partial charge is 0.280 e. The predicted molar refractivity (Wildman–Crippen MR) is 107 cm³/mol. The number of aryl methyl sites for hydroxylation is 1. The molecule has 1 aliphatic heterocycles. The van der Waals surface area contributed by atoms with Gasteiger partial charge in [-0.05, 0) is 54.4 Å². The number of rotatable bonds is 5. The molecule has 0 saturated carbocycles. The van der Waals surface area contributed by atoms with E-state index in [-0.39, 0.29) is 28.3 Å². The Kier molecular flexibility index (Phi) is 4.83. The number of imide groups is 1. The lowest BCUT2D eigenvalue weighted by atomic mass is 10.2. The van der Waals surface area contributed by atoms with Crippen LogP contribution in [-0.4, -0.2) is 30.1 Å². The third-order valence-electron chi connectivity index (χ3n) is 4.65. The molecule has 1 aromatic heterocycles. The highest BCUT2D eigenvalue weighted by Gasteiger charge is 2.37. The minimum atomic E-state index is -4.18. The molecule has 152 valence electrons. The summed E-state index contributed by atoms with van der Waals surface area (Å²) in [6.45, 7) is 1.47. The maximum absolute atomic E-state index is 13.9. The summed E-state index contributed by atoms with van der Waals surface area (Å²) in [5.41, 5.74) is 1.41. The molecule has 0 aliphatic carbocycles. The number of aromatic nitrogens is 1. The Morgan fingerprint density at radius 3 is 2.57 bits per heavy atom. The van der Waals surface area contributed by atoms with E-state index >= 15 is 0 Å². The highest BCUT2D eigenvalue weighted by atomic mass is 32.2. The van der Waals surface area contributed by atoms with Crippen molar-refractivity contribution in [3.05, 3.63) is 89.0 Å². The molecule has 0 spiro atoms. The summed E-state index contributed by atoms with van der Waals surface area (Å²) < 4.78 is 42.2. The van der Waals surface area contributed by atoms with Crippen molar-refractivity contribution >= 4 is 27.5 Å². The van der Waals surface area contributed by atoms with Crippen LogP contribution in [0.5, 0.6) is 0 Å². The second kappa shape index (κ2) is 7.34. The Hall–Kier alpha value is -3.59. The van der Waals surface area contributed by atoms with Crippen LogP contribution in [0, 0.1) is 12.7 Å². The molecule has 30 heavy (non-hydrogen) atoms. The first kappa shape index (κ1) is 19.7. The van der Waals surface area contributed by atoms with Gasteiger partial charge in [-0.3, -0.25) is 24.2 Å². The Morgan fingerprint density at radius 2 is 1.83 bits per heavy atom. The summed E-state index contributed by atoms with van der Waals surface area (Å²) in [6.07, 6.45) is 1.40. The number of carbonyl (C=O) groups is 2. The Bertz CT molecular complexity index is 1260. The fourth-order valence-electron chi connectivity index (χ4n) is 3.26. The molecule has 1 aliphatic rings. The fraction of sp³-hybridized carbons (Fsp3) is 0.0952. The summed E-state index contributed by atoms with van der Waals surface area (Å²) in [5.74, 6) is -1.97. The number of pyridine rings is 1. The van der Waals surface area contributed by atoms with Gasteiger partial charge in [0.15, 0.2) is 0 Å². The first-order chi connectivity index (χ1) is 14.3. The molecule has 0 saturated heterocycles. The van der Waals surface area contributed by atoms with Crippen molar-refractivity contribution in [2.75, 3.05) is 4.72 Å². The number of carbonyl (C=O) groups excluding carboxylic acids is 2. The van der Waals surface area contributed by atoms with Gasteiger partial charge < -0.3 is 0 Å². The van der Waals surface area contributed by atoms with Gasteiger partial charge in [0.2, 0.25) is 0 Å². The van der Waals surface area contributed by atoms with E-state index in [0.717, 1.165) is 22.6 Å². The Balaban J connectivity index is 1.70. The standard InChI is InChI=1S/C21H16FN3O4S/c1-13-4-2-5-16(10-13)24-30(28,29)18-11-15(22)8-7-14(18)12-25-20(26)17-6-3-9-23-19(17)21(25)27/h2-11,24H,12H2,1H3. The molecule has 3 aromatic rings. The number of nitrogens with one attached hydrogen (secondary N) is 1. The molecular formula is C21H16FN3O4S. The molecule has 2 heterocycles. The third-order valence-corrected chi connectivity index (χ3v) is 6.11. The van der Waals surface area contributed by atoms with Gasteiger partial charge in [0.25, 0.3) is 21.8 Å². The van der Waals surface area contributed by atoms with Crippen LogP contribution >= 0.6 is 0 Å². The number of nitrogens with zero attached hydrogens (tertiary/aromatic N) is 2. The second-order valence-corrected chi connectivity index (χ2v) is 8.47. The lowest BCUT2D eigenvalue weighted by molar-refractivity contribution is 0.0639. The average molecular weight is 425 g/mol. The first-order valence-electron chi connectivity index (χ1n) is 8.95. The molecule has 0 bridgehead atoms. The van der Waals surface area contributed by atoms with E-state index in [1.165, 1.54) is 24.4 Å². The molecule has 4 rings (SSSR count). The lowest BCUT2D eigenvalue weighted by Crippen LogP contribution is -2.30. The van der Waals surface area contributed by atoms with E-state index in [4.69, 9.17) is 0 Å². The van der Waals surface area contributed by atoms with Gasteiger partial charge in [0, 0.05) is 11.9 Å². The number of halogens is 1. The number of amides is 2. The SMILES string of the molecule is Cc1cccc(NS(=O)(=O)c2cc(F)ccc2CN2C(=O)c3cccnc3C2=O)c1. The van der Waals surface area contributed by atoms with Gasteiger partial charge in [-0.15, -0.1) is 0 Å². The molecule has 0 fully saturated rings. The van der Waals surface area contributed by atoms with Gasteiger partial charge in [-0.2, -0.15) is 0 Å². The summed E-state index contributed by atoms with van der Waals surface area (Å²) >= 11 is 0. The lowest BCUT2D eigenvalue weighted by Gasteiger charge is -2.17. The minimum absolute atomic E-state index is 0.00639. The molecule has 0 atom stereocenters. The molecular weight excluding hydrogens is 409 g/mol. The van der Waals surface area contributed by atoms with E-state index < -0.39 is 27.7 Å². The number of hydrogen-bond acceptors (Lipinski definition) is 5. The van der Waals surface area contributed by atoms with Crippen LogP contribution in [-0.2, 0) is 16.6 Å². The Morgan fingerprint density at radius 1 is 1.03 bits per heavy atom. The number of benzene rings is 2. The highest BCUT2D eigenvalue weighted by Crippen LogP contribution is 2.27. The third kappa shape index (κ3) is 3.55. The number of sulfonamides is 1.